The van der Waals surface area contributed by atoms with Gasteiger partial charge >= 0.3 is 6.18 Å². The summed E-state index contributed by atoms with van der Waals surface area (Å²) in [5.74, 6) is -0.572. The van der Waals surface area contributed by atoms with Crippen LogP contribution in [0.3, 0.4) is 0 Å². The maximum Gasteiger partial charge on any atom is 0.450 e. The van der Waals surface area contributed by atoms with Crippen molar-refractivity contribution in [2.75, 3.05) is 5.73 Å². The van der Waals surface area contributed by atoms with Crippen molar-refractivity contribution >= 4 is 11.3 Å². The molecule has 0 atom stereocenters. The molecule has 2 N–H and O–H groups in total. The third-order valence-corrected chi connectivity index (χ3v) is 4.19. The lowest BCUT2D eigenvalue weighted by atomic mass is 10.1. The molecule has 0 unspecified atom stereocenters. The second kappa shape index (κ2) is 6.88. The van der Waals surface area contributed by atoms with Gasteiger partial charge in [-0.1, -0.05) is 42.5 Å². The lowest BCUT2D eigenvalue weighted by Crippen LogP contribution is -2.11. The smallest absolute Gasteiger partial charge is 0.450 e. The van der Waals surface area contributed by atoms with E-state index in [4.69, 9.17) is 10.5 Å². The molecule has 0 saturated carbocycles. The van der Waals surface area contributed by atoms with Gasteiger partial charge in [0.25, 0.3) is 0 Å². The van der Waals surface area contributed by atoms with Crippen molar-refractivity contribution in [2.45, 2.75) is 12.8 Å². The first-order chi connectivity index (χ1) is 13.4. The zero-order chi connectivity index (χ0) is 19.7. The largest absolute Gasteiger partial charge is 0.489 e. The lowest BCUT2D eigenvalue weighted by Gasteiger charge is -2.08. The summed E-state index contributed by atoms with van der Waals surface area (Å²) in [6.07, 6.45) is -2.22. The first kappa shape index (κ1) is 17.8. The highest BCUT2D eigenvalue weighted by Gasteiger charge is 2.37. The van der Waals surface area contributed by atoms with Crippen LogP contribution >= 0.6 is 0 Å². The van der Waals surface area contributed by atoms with Gasteiger partial charge in [0.05, 0.1) is 0 Å². The second-order valence-corrected chi connectivity index (χ2v) is 6.11. The van der Waals surface area contributed by atoms with E-state index in [1.165, 1.54) is 12.4 Å². The molecule has 0 bridgehead atoms. The third kappa shape index (κ3) is 3.36. The molecule has 0 spiro atoms. The molecule has 0 saturated heterocycles. The molecular weight excluding hydrogens is 369 g/mol. The molecule has 0 radical (unpaired) electrons. The lowest BCUT2D eigenvalue weighted by molar-refractivity contribution is -0.145. The van der Waals surface area contributed by atoms with Crippen molar-refractivity contribution in [1.29, 1.82) is 0 Å². The Hall–Kier alpha value is -3.55. The Morgan fingerprint density at radius 3 is 2.57 bits per heavy atom. The number of halogens is 3. The van der Waals surface area contributed by atoms with E-state index in [1.54, 1.807) is 24.3 Å². The van der Waals surface area contributed by atoms with Crippen molar-refractivity contribution in [3.05, 3.63) is 78.4 Å². The Morgan fingerprint density at radius 2 is 1.82 bits per heavy atom. The Kier molecular flexibility index (Phi) is 4.38. The summed E-state index contributed by atoms with van der Waals surface area (Å²) in [6, 6.07) is 16.3. The summed E-state index contributed by atoms with van der Waals surface area (Å²) in [5, 5.41) is 0. The quantitative estimate of drug-likeness (QED) is 0.560. The average Bonchev–Trinajstić information content (AvgIpc) is 3.09. The Morgan fingerprint density at radius 1 is 1.04 bits per heavy atom. The van der Waals surface area contributed by atoms with Crippen LogP contribution in [-0.2, 0) is 12.8 Å². The molecule has 2 aromatic carbocycles. The molecule has 8 heteroatoms. The van der Waals surface area contributed by atoms with Gasteiger partial charge < -0.3 is 10.5 Å². The predicted molar refractivity (Wildman–Crippen MR) is 98.6 cm³/mol. The molecular formula is C20H15F3N4O. The van der Waals surface area contributed by atoms with Crippen molar-refractivity contribution in [3.8, 4) is 17.0 Å². The molecule has 4 aromatic rings. The minimum Gasteiger partial charge on any atom is -0.489 e. The van der Waals surface area contributed by atoms with E-state index < -0.39 is 12.0 Å². The number of hydrogen-bond donors (Lipinski definition) is 1. The Bertz CT molecular complexity index is 1120. The minimum atomic E-state index is -4.63. The fourth-order valence-corrected chi connectivity index (χ4v) is 2.94. The molecule has 2 aromatic heterocycles. The minimum absolute atomic E-state index is 0.0314. The van der Waals surface area contributed by atoms with Crippen molar-refractivity contribution in [2.24, 2.45) is 0 Å². The number of hydrogen-bond acceptors (Lipinski definition) is 4. The van der Waals surface area contributed by atoms with Gasteiger partial charge in [-0.3, -0.25) is 4.40 Å². The van der Waals surface area contributed by atoms with Gasteiger partial charge in [-0.05, 0) is 17.7 Å². The Balaban J connectivity index is 1.74. The maximum absolute atomic E-state index is 13.4. The molecule has 4 rings (SSSR count). The van der Waals surface area contributed by atoms with Crippen LogP contribution in [0.4, 0.5) is 19.0 Å². The van der Waals surface area contributed by atoms with Crippen molar-refractivity contribution in [1.82, 2.24) is 14.4 Å². The fourth-order valence-electron chi connectivity index (χ4n) is 2.94. The number of nitrogen functional groups attached to an aromatic ring is 1. The highest BCUT2D eigenvalue weighted by molar-refractivity contribution is 5.85. The van der Waals surface area contributed by atoms with Gasteiger partial charge in [-0.2, -0.15) is 13.2 Å². The summed E-state index contributed by atoms with van der Waals surface area (Å²) in [6.45, 7) is 0.339. The number of fused-ring (bicyclic) bond motifs is 1. The number of aromatic nitrogens is 3. The molecule has 0 aliphatic rings. The first-order valence-electron chi connectivity index (χ1n) is 8.40. The number of ether oxygens (including phenoxy) is 1. The van der Waals surface area contributed by atoms with Crippen molar-refractivity contribution in [3.63, 3.8) is 0 Å². The highest BCUT2D eigenvalue weighted by Crippen LogP contribution is 2.36. The van der Waals surface area contributed by atoms with E-state index in [9.17, 15) is 13.2 Å². The maximum atomic E-state index is 13.4. The summed E-state index contributed by atoms with van der Waals surface area (Å²) >= 11 is 0. The number of rotatable bonds is 4. The number of nitrogens with zero attached hydrogens (tertiary/aromatic N) is 3. The van der Waals surface area contributed by atoms with Crippen LogP contribution in [0.2, 0.25) is 0 Å². The van der Waals surface area contributed by atoms with E-state index in [-0.39, 0.29) is 17.0 Å². The molecule has 0 aliphatic carbocycles. The van der Waals surface area contributed by atoms with Gasteiger partial charge in [-0.25, -0.2) is 9.97 Å². The summed E-state index contributed by atoms with van der Waals surface area (Å²) in [4.78, 5) is 7.72. The summed E-state index contributed by atoms with van der Waals surface area (Å²) in [7, 11) is 0. The van der Waals surface area contributed by atoms with Crippen LogP contribution in [0.25, 0.3) is 16.8 Å². The van der Waals surface area contributed by atoms with Gasteiger partial charge in [0, 0.05) is 18.0 Å². The number of nitrogens with two attached hydrogens (primary N) is 1. The van der Waals surface area contributed by atoms with Gasteiger partial charge in [0.2, 0.25) is 5.82 Å². The highest BCUT2D eigenvalue weighted by atomic mass is 19.4. The second-order valence-electron chi connectivity index (χ2n) is 6.11. The third-order valence-electron chi connectivity index (χ3n) is 4.19. The molecule has 0 amide bonds. The number of imidazole rings is 1. The predicted octanol–water partition coefficient (Wildman–Crippen LogP) is 4.58. The molecule has 142 valence electrons. The fraction of sp³-hybridized carbons (Fsp3) is 0.100. The number of benzene rings is 2. The molecule has 2 heterocycles. The normalized spacial score (nSPS) is 11.7. The van der Waals surface area contributed by atoms with Crippen molar-refractivity contribution < 1.29 is 17.9 Å². The monoisotopic (exact) mass is 384 g/mol. The van der Waals surface area contributed by atoms with E-state index in [0.29, 0.717) is 17.9 Å². The van der Waals surface area contributed by atoms with Crippen LogP contribution in [-0.4, -0.2) is 14.4 Å². The molecule has 28 heavy (non-hydrogen) atoms. The Labute approximate surface area is 158 Å². The van der Waals surface area contributed by atoms with Gasteiger partial charge in [0.15, 0.2) is 0 Å². The SMILES string of the molecule is Nc1nccn2c(C(F)(F)F)nc(-c3cccc(OCc4ccccc4)c3)c12. The number of alkyl halides is 3. The number of anilines is 1. The van der Waals surface area contributed by atoms with E-state index in [1.807, 2.05) is 30.3 Å². The first-order valence-corrected chi connectivity index (χ1v) is 8.40. The summed E-state index contributed by atoms with van der Waals surface area (Å²) in [5.41, 5.74) is 7.50. The zero-order valence-corrected chi connectivity index (χ0v) is 14.5. The molecule has 0 aliphatic heterocycles. The molecule has 0 fully saturated rings. The van der Waals surface area contributed by atoms with E-state index >= 15 is 0 Å². The van der Waals surface area contributed by atoms with Crippen LogP contribution in [0, 0.1) is 0 Å². The average molecular weight is 384 g/mol. The van der Waals surface area contributed by atoms with E-state index in [2.05, 4.69) is 9.97 Å². The summed E-state index contributed by atoms with van der Waals surface area (Å²) < 4.78 is 46.9. The standard InChI is InChI=1S/C20H15F3N4O/c21-20(22,23)19-26-16(17-18(24)25-9-10-27(17)19)14-7-4-8-15(11-14)28-12-13-5-2-1-3-6-13/h1-11H,12H2,(H2,24,25). The zero-order valence-electron chi connectivity index (χ0n) is 14.5. The molecule has 5 nitrogen and oxygen atoms in total. The van der Waals surface area contributed by atoms with Gasteiger partial charge in [0.1, 0.15) is 29.4 Å². The van der Waals surface area contributed by atoms with Gasteiger partial charge in [-0.15, -0.1) is 0 Å². The van der Waals surface area contributed by atoms with Crippen LogP contribution in [0.1, 0.15) is 11.4 Å². The van der Waals surface area contributed by atoms with E-state index in [0.717, 1.165) is 9.96 Å². The van der Waals surface area contributed by atoms with Crippen LogP contribution < -0.4 is 10.5 Å². The topological polar surface area (TPSA) is 65.4 Å². The van der Waals surface area contributed by atoms with Crippen LogP contribution in [0.5, 0.6) is 5.75 Å². The van der Waals surface area contributed by atoms with Crippen LogP contribution in [0.15, 0.2) is 67.0 Å².